The highest BCUT2D eigenvalue weighted by molar-refractivity contribution is 8.00. The molecule has 0 aliphatic carbocycles. The van der Waals surface area contributed by atoms with Crippen molar-refractivity contribution in [1.82, 2.24) is 4.90 Å². The van der Waals surface area contributed by atoms with E-state index in [0.29, 0.717) is 13.2 Å². The Labute approximate surface area is 157 Å². The van der Waals surface area contributed by atoms with Gasteiger partial charge in [0.05, 0.1) is 16.7 Å². The third-order valence-corrected chi connectivity index (χ3v) is 4.90. The quantitative estimate of drug-likeness (QED) is 0.398. The molecule has 0 aliphatic heterocycles. The smallest absolute Gasteiger partial charge is 0.269 e. The highest BCUT2D eigenvalue weighted by Gasteiger charge is 2.19. The predicted octanol–water partition coefficient (Wildman–Crippen LogP) is 3.92. The summed E-state index contributed by atoms with van der Waals surface area (Å²) in [6, 6.07) is 14.0. The standard InChI is InChI=1S/C19H22N2O4S/c1-14-4-8-17(9-5-14)25-13-12-20(3)19(22)15(2)26-18-10-6-16(7-11-18)21(23)24/h4-11,15H,12-13H2,1-3H3. The summed E-state index contributed by atoms with van der Waals surface area (Å²) in [6.07, 6.45) is 0. The number of thioether (sulfide) groups is 1. The van der Waals surface area contributed by atoms with Crippen molar-refractivity contribution >= 4 is 23.4 Å². The normalized spacial score (nSPS) is 11.7. The molecule has 2 rings (SSSR count). The highest BCUT2D eigenvalue weighted by Crippen LogP contribution is 2.26. The van der Waals surface area contributed by atoms with Crippen LogP contribution in [-0.2, 0) is 4.79 Å². The summed E-state index contributed by atoms with van der Waals surface area (Å²) in [6.45, 7) is 4.74. The molecule has 2 aromatic carbocycles. The summed E-state index contributed by atoms with van der Waals surface area (Å²) in [5.41, 5.74) is 1.21. The van der Waals surface area contributed by atoms with Crippen molar-refractivity contribution in [1.29, 1.82) is 0 Å². The van der Waals surface area contributed by atoms with Crippen LogP contribution in [0.4, 0.5) is 5.69 Å². The molecule has 0 saturated carbocycles. The number of carbonyl (C=O) groups is 1. The van der Waals surface area contributed by atoms with Crippen molar-refractivity contribution in [3.8, 4) is 5.75 Å². The van der Waals surface area contributed by atoms with Gasteiger partial charge in [0.15, 0.2) is 0 Å². The van der Waals surface area contributed by atoms with Crippen molar-refractivity contribution in [3.05, 3.63) is 64.2 Å². The van der Waals surface area contributed by atoms with Crippen LogP contribution < -0.4 is 4.74 Å². The van der Waals surface area contributed by atoms with E-state index in [1.54, 1.807) is 24.1 Å². The van der Waals surface area contributed by atoms with Crippen LogP contribution in [-0.4, -0.2) is 41.2 Å². The van der Waals surface area contributed by atoms with Gasteiger partial charge in [0.2, 0.25) is 5.91 Å². The first-order chi connectivity index (χ1) is 12.4. The second-order valence-electron chi connectivity index (χ2n) is 5.93. The number of non-ortho nitro benzene ring substituents is 1. The predicted molar refractivity (Wildman–Crippen MR) is 103 cm³/mol. The molecule has 7 heteroatoms. The number of amides is 1. The van der Waals surface area contributed by atoms with Crippen molar-refractivity contribution in [2.75, 3.05) is 20.2 Å². The molecule has 26 heavy (non-hydrogen) atoms. The highest BCUT2D eigenvalue weighted by atomic mass is 32.2. The van der Waals surface area contributed by atoms with Crippen LogP contribution in [0.25, 0.3) is 0 Å². The molecule has 1 unspecified atom stereocenters. The molecule has 0 heterocycles. The number of nitrogens with zero attached hydrogens (tertiary/aromatic N) is 2. The molecule has 0 bridgehead atoms. The van der Waals surface area contributed by atoms with E-state index in [1.165, 1.54) is 29.5 Å². The zero-order valence-electron chi connectivity index (χ0n) is 15.0. The molecule has 1 atom stereocenters. The minimum absolute atomic E-state index is 0.0131. The van der Waals surface area contributed by atoms with Gasteiger partial charge in [0.1, 0.15) is 12.4 Å². The number of benzene rings is 2. The fourth-order valence-corrected chi connectivity index (χ4v) is 3.24. The van der Waals surface area contributed by atoms with Crippen LogP contribution in [0.2, 0.25) is 0 Å². The maximum absolute atomic E-state index is 12.5. The first-order valence-electron chi connectivity index (χ1n) is 8.22. The molecule has 6 nitrogen and oxygen atoms in total. The number of hydrogen-bond donors (Lipinski definition) is 0. The summed E-state index contributed by atoms with van der Waals surface area (Å²) in [5.74, 6) is 0.769. The zero-order valence-corrected chi connectivity index (χ0v) is 15.9. The van der Waals surface area contributed by atoms with Gasteiger partial charge in [-0.3, -0.25) is 14.9 Å². The first-order valence-corrected chi connectivity index (χ1v) is 9.10. The molecule has 0 radical (unpaired) electrons. The lowest BCUT2D eigenvalue weighted by atomic mass is 10.2. The number of hydrogen-bond acceptors (Lipinski definition) is 5. The Kier molecular flexibility index (Phi) is 7.03. The van der Waals surface area contributed by atoms with Gasteiger partial charge in [0.25, 0.3) is 5.69 Å². The maximum Gasteiger partial charge on any atom is 0.269 e. The Balaban J connectivity index is 1.80. The maximum atomic E-state index is 12.5. The van der Waals surface area contributed by atoms with Gasteiger partial charge in [-0.05, 0) is 38.1 Å². The average Bonchev–Trinajstić information content (AvgIpc) is 2.63. The Morgan fingerprint density at radius 1 is 1.19 bits per heavy atom. The number of aryl methyl sites for hydroxylation is 1. The van der Waals surface area contributed by atoms with Gasteiger partial charge in [-0.15, -0.1) is 11.8 Å². The Hall–Kier alpha value is -2.54. The van der Waals surface area contributed by atoms with Crippen LogP contribution in [0.1, 0.15) is 12.5 Å². The van der Waals surface area contributed by atoms with Crippen molar-refractivity contribution in [3.63, 3.8) is 0 Å². The SMILES string of the molecule is Cc1ccc(OCCN(C)C(=O)C(C)Sc2ccc([N+](=O)[O-])cc2)cc1. The molecule has 2 aromatic rings. The second-order valence-corrected chi connectivity index (χ2v) is 7.35. The molecule has 0 aliphatic rings. The summed E-state index contributed by atoms with van der Waals surface area (Å²) in [7, 11) is 1.74. The Bertz CT molecular complexity index is 747. The Morgan fingerprint density at radius 3 is 2.38 bits per heavy atom. The molecular formula is C19H22N2O4S. The number of carbonyl (C=O) groups excluding carboxylic acids is 1. The first kappa shape index (κ1) is 19.8. The van der Waals surface area contributed by atoms with Crippen LogP contribution in [0, 0.1) is 17.0 Å². The Morgan fingerprint density at radius 2 is 1.81 bits per heavy atom. The van der Waals surface area contributed by atoms with E-state index in [-0.39, 0.29) is 16.8 Å². The van der Waals surface area contributed by atoms with Gasteiger partial charge in [-0.2, -0.15) is 0 Å². The van der Waals surface area contributed by atoms with E-state index >= 15 is 0 Å². The number of likely N-dealkylation sites (N-methyl/N-ethyl adjacent to an activating group) is 1. The van der Waals surface area contributed by atoms with E-state index in [9.17, 15) is 14.9 Å². The van der Waals surface area contributed by atoms with Gasteiger partial charge >= 0.3 is 0 Å². The zero-order chi connectivity index (χ0) is 19.1. The average molecular weight is 374 g/mol. The lowest BCUT2D eigenvalue weighted by molar-refractivity contribution is -0.384. The summed E-state index contributed by atoms with van der Waals surface area (Å²) < 4.78 is 5.65. The third kappa shape index (κ3) is 5.77. The van der Waals surface area contributed by atoms with Gasteiger partial charge in [-0.25, -0.2) is 0 Å². The van der Waals surface area contributed by atoms with E-state index < -0.39 is 4.92 Å². The number of nitro groups is 1. The van der Waals surface area contributed by atoms with Crippen molar-refractivity contribution in [2.45, 2.75) is 24.0 Å². The third-order valence-electron chi connectivity index (χ3n) is 3.80. The van der Waals surface area contributed by atoms with Crippen molar-refractivity contribution < 1.29 is 14.5 Å². The second kappa shape index (κ2) is 9.24. The number of nitro benzene ring substituents is 1. The number of rotatable bonds is 8. The molecule has 0 fully saturated rings. The van der Waals surface area contributed by atoms with E-state index in [2.05, 4.69) is 0 Å². The van der Waals surface area contributed by atoms with E-state index in [0.717, 1.165) is 10.6 Å². The van der Waals surface area contributed by atoms with Gasteiger partial charge in [-0.1, -0.05) is 17.7 Å². The minimum Gasteiger partial charge on any atom is -0.492 e. The molecule has 0 saturated heterocycles. The minimum atomic E-state index is -0.440. The monoisotopic (exact) mass is 374 g/mol. The lowest BCUT2D eigenvalue weighted by Crippen LogP contribution is -2.36. The molecular weight excluding hydrogens is 352 g/mol. The molecule has 0 N–H and O–H groups in total. The summed E-state index contributed by atoms with van der Waals surface area (Å²) in [4.78, 5) is 25.1. The van der Waals surface area contributed by atoms with Crippen LogP contribution in [0.15, 0.2) is 53.4 Å². The molecule has 1 amide bonds. The summed E-state index contributed by atoms with van der Waals surface area (Å²) in [5, 5.41) is 10.4. The van der Waals surface area contributed by atoms with Crippen LogP contribution >= 0.6 is 11.8 Å². The lowest BCUT2D eigenvalue weighted by Gasteiger charge is -2.21. The fourth-order valence-electron chi connectivity index (χ4n) is 2.26. The molecule has 0 aromatic heterocycles. The summed E-state index contributed by atoms with van der Waals surface area (Å²) >= 11 is 1.38. The van der Waals surface area contributed by atoms with E-state index in [1.807, 2.05) is 38.1 Å². The van der Waals surface area contributed by atoms with Gasteiger partial charge in [0, 0.05) is 24.1 Å². The topological polar surface area (TPSA) is 72.7 Å². The molecule has 0 spiro atoms. The molecule has 138 valence electrons. The largest absolute Gasteiger partial charge is 0.492 e. The number of ether oxygens (including phenoxy) is 1. The van der Waals surface area contributed by atoms with Crippen molar-refractivity contribution in [2.24, 2.45) is 0 Å². The van der Waals surface area contributed by atoms with Gasteiger partial charge < -0.3 is 9.64 Å². The van der Waals surface area contributed by atoms with Crippen LogP contribution in [0.3, 0.4) is 0 Å². The fraction of sp³-hybridized carbons (Fsp3) is 0.316. The van der Waals surface area contributed by atoms with Crippen LogP contribution in [0.5, 0.6) is 5.75 Å². The van der Waals surface area contributed by atoms with E-state index in [4.69, 9.17) is 4.74 Å².